The van der Waals surface area contributed by atoms with Gasteiger partial charge in [0.1, 0.15) is 5.54 Å². The number of aliphatic imine (C=N–C) groups is 1. The maximum absolute atomic E-state index is 12.5. The highest BCUT2D eigenvalue weighted by atomic mass is 35.5. The fourth-order valence-electron chi connectivity index (χ4n) is 3.11. The van der Waals surface area contributed by atoms with Gasteiger partial charge in [-0.05, 0) is 67.6 Å². The summed E-state index contributed by atoms with van der Waals surface area (Å²) in [6.07, 6.45) is 3.62. The quantitative estimate of drug-likeness (QED) is 0.370. The number of carboxylic acid groups (broad SMARTS) is 1. The molecule has 2 aromatic carbocycles. The number of rotatable bonds is 5. The van der Waals surface area contributed by atoms with E-state index < -0.39 is 23.4 Å². The number of aromatic nitrogens is 2. The third kappa shape index (κ3) is 5.76. The predicted molar refractivity (Wildman–Crippen MR) is 136 cm³/mol. The average Bonchev–Trinajstić information content (AvgIpc) is 3.13. The molecule has 178 valence electrons. The Bertz CT molecular complexity index is 1420. The van der Waals surface area contributed by atoms with Gasteiger partial charge < -0.3 is 21.1 Å². The van der Waals surface area contributed by atoms with Gasteiger partial charge in [-0.15, -0.1) is 0 Å². The van der Waals surface area contributed by atoms with Crippen LogP contribution in [0.5, 0.6) is 0 Å². The Kier molecular flexibility index (Phi) is 6.72. The number of hydrogen-bond acceptors (Lipinski definition) is 7. The molecule has 3 aromatic rings. The van der Waals surface area contributed by atoms with Crippen molar-refractivity contribution in [3.63, 3.8) is 0 Å². The summed E-state index contributed by atoms with van der Waals surface area (Å²) >= 11 is 7.43. The van der Waals surface area contributed by atoms with Crippen LogP contribution in [-0.2, 0) is 9.59 Å². The lowest BCUT2D eigenvalue weighted by Crippen LogP contribution is -2.51. The first kappa shape index (κ1) is 24.2. The SMILES string of the molecule is CC(C)(NC(=O)O)C(=O)Nc1ccc(Cl)c(NC2=NC(=O)C(=Cc3ccc4nccnc4c3)S2)c1. The molecule has 0 saturated carbocycles. The van der Waals surface area contributed by atoms with Gasteiger partial charge in [-0.2, -0.15) is 4.99 Å². The molecule has 0 fully saturated rings. The molecule has 3 amide bonds. The van der Waals surface area contributed by atoms with E-state index in [2.05, 4.69) is 30.9 Å². The maximum Gasteiger partial charge on any atom is 0.405 e. The number of benzene rings is 2. The zero-order valence-electron chi connectivity index (χ0n) is 18.5. The minimum absolute atomic E-state index is 0.320. The van der Waals surface area contributed by atoms with Crippen LogP contribution < -0.4 is 16.0 Å². The van der Waals surface area contributed by atoms with Crippen LogP contribution in [-0.4, -0.2) is 43.7 Å². The summed E-state index contributed by atoms with van der Waals surface area (Å²) in [6.45, 7) is 2.88. The molecule has 2 heterocycles. The van der Waals surface area contributed by atoms with Crippen molar-refractivity contribution >= 4 is 74.9 Å². The minimum atomic E-state index is -1.36. The third-order valence-electron chi connectivity index (χ3n) is 4.86. The highest BCUT2D eigenvalue weighted by molar-refractivity contribution is 8.18. The Hall–Kier alpha value is -3.96. The number of hydrogen-bond donors (Lipinski definition) is 4. The Morgan fingerprint density at radius 2 is 1.83 bits per heavy atom. The van der Waals surface area contributed by atoms with Gasteiger partial charge in [0.25, 0.3) is 5.91 Å². The van der Waals surface area contributed by atoms with Crippen LogP contribution in [0.4, 0.5) is 16.2 Å². The topological polar surface area (TPSA) is 146 Å². The summed E-state index contributed by atoms with van der Waals surface area (Å²) in [4.78, 5) is 48.8. The molecule has 12 heteroatoms. The molecule has 10 nitrogen and oxygen atoms in total. The maximum atomic E-state index is 12.5. The minimum Gasteiger partial charge on any atom is -0.465 e. The summed E-state index contributed by atoms with van der Waals surface area (Å²) in [5.41, 5.74) is 1.68. The van der Waals surface area contributed by atoms with E-state index in [1.807, 2.05) is 18.2 Å². The van der Waals surface area contributed by atoms with Crippen molar-refractivity contribution in [2.45, 2.75) is 19.4 Å². The average molecular weight is 511 g/mol. The summed E-state index contributed by atoms with van der Waals surface area (Å²) in [5, 5.41) is 17.4. The molecule has 4 rings (SSSR count). The number of amidine groups is 1. The Morgan fingerprint density at radius 3 is 2.57 bits per heavy atom. The Balaban J connectivity index is 1.48. The summed E-state index contributed by atoms with van der Waals surface area (Å²) in [5.74, 6) is -0.958. The zero-order chi connectivity index (χ0) is 25.2. The molecule has 0 spiro atoms. The Labute approximate surface area is 208 Å². The van der Waals surface area contributed by atoms with E-state index in [1.165, 1.54) is 13.8 Å². The van der Waals surface area contributed by atoms with Crippen molar-refractivity contribution in [1.29, 1.82) is 0 Å². The van der Waals surface area contributed by atoms with Gasteiger partial charge in [-0.3, -0.25) is 19.6 Å². The molecule has 1 aliphatic heterocycles. The van der Waals surface area contributed by atoms with Crippen LogP contribution in [0.2, 0.25) is 5.02 Å². The molecule has 0 radical (unpaired) electrons. The molecule has 0 unspecified atom stereocenters. The van der Waals surface area contributed by atoms with Crippen LogP contribution in [0.25, 0.3) is 17.1 Å². The lowest BCUT2D eigenvalue weighted by molar-refractivity contribution is -0.121. The second-order valence-electron chi connectivity index (χ2n) is 7.97. The van der Waals surface area contributed by atoms with Gasteiger partial charge in [0.15, 0.2) is 5.17 Å². The van der Waals surface area contributed by atoms with Gasteiger partial charge in [0, 0.05) is 18.1 Å². The monoisotopic (exact) mass is 510 g/mol. The lowest BCUT2D eigenvalue weighted by atomic mass is 10.0. The molecular weight excluding hydrogens is 492 g/mol. The van der Waals surface area contributed by atoms with Crippen LogP contribution in [0, 0.1) is 0 Å². The number of carbonyl (C=O) groups excluding carboxylic acids is 2. The van der Waals surface area contributed by atoms with E-state index in [1.54, 1.807) is 36.7 Å². The van der Waals surface area contributed by atoms with E-state index in [4.69, 9.17) is 16.7 Å². The fraction of sp³-hybridized carbons (Fsp3) is 0.130. The fourth-order valence-corrected chi connectivity index (χ4v) is 4.10. The van der Waals surface area contributed by atoms with Gasteiger partial charge in [0.05, 0.1) is 26.6 Å². The van der Waals surface area contributed by atoms with Crippen molar-refractivity contribution in [2.24, 2.45) is 4.99 Å². The third-order valence-corrected chi connectivity index (χ3v) is 6.09. The second kappa shape index (κ2) is 9.72. The largest absolute Gasteiger partial charge is 0.465 e. The van der Waals surface area contributed by atoms with Crippen molar-refractivity contribution in [3.8, 4) is 0 Å². The van der Waals surface area contributed by atoms with E-state index in [0.717, 1.165) is 22.8 Å². The summed E-state index contributed by atoms with van der Waals surface area (Å²) < 4.78 is 0. The van der Waals surface area contributed by atoms with E-state index in [9.17, 15) is 14.4 Å². The highest BCUT2D eigenvalue weighted by Crippen LogP contribution is 2.32. The van der Waals surface area contributed by atoms with E-state index in [-0.39, 0.29) is 0 Å². The Morgan fingerprint density at radius 1 is 1.09 bits per heavy atom. The van der Waals surface area contributed by atoms with Crippen molar-refractivity contribution in [2.75, 3.05) is 10.6 Å². The highest BCUT2D eigenvalue weighted by Gasteiger charge is 2.29. The standard InChI is InChI=1S/C23H19ClN6O4S/c1-23(2,30-22(33)34)20(32)27-13-4-5-14(24)16(11-13)28-21-29-19(31)18(35-21)10-12-3-6-15-17(9-12)26-8-7-25-15/h3-11,30H,1-2H3,(H,27,32)(H,33,34)(H,28,29,31). The lowest BCUT2D eigenvalue weighted by Gasteiger charge is -2.23. The molecule has 0 saturated heterocycles. The number of halogens is 1. The zero-order valence-corrected chi connectivity index (χ0v) is 20.1. The molecule has 1 aromatic heterocycles. The number of fused-ring (bicyclic) bond motifs is 1. The molecule has 35 heavy (non-hydrogen) atoms. The van der Waals surface area contributed by atoms with E-state index >= 15 is 0 Å². The smallest absolute Gasteiger partial charge is 0.405 e. The van der Waals surface area contributed by atoms with Gasteiger partial charge in [-0.1, -0.05) is 17.7 Å². The second-order valence-corrected chi connectivity index (χ2v) is 9.40. The number of carbonyl (C=O) groups is 3. The molecule has 4 N–H and O–H groups in total. The number of thioether (sulfide) groups is 1. The molecule has 0 aliphatic carbocycles. The summed E-state index contributed by atoms with van der Waals surface area (Å²) in [6, 6.07) is 10.2. The molecule has 0 atom stereocenters. The van der Waals surface area contributed by atoms with Crippen LogP contribution >= 0.6 is 23.4 Å². The van der Waals surface area contributed by atoms with Crippen LogP contribution in [0.3, 0.4) is 0 Å². The summed E-state index contributed by atoms with van der Waals surface area (Å²) in [7, 11) is 0. The van der Waals surface area contributed by atoms with Crippen LogP contribution in [0.1, 0.15) is 19.4 Å². The number of nitrogens with one attached hydrogen (secondary N) is 3. The normalized spacial score (nSPS) is 14.7. The number of anilines is 2. The molecule has 0 bridgehead atoms. The number of nitrogens with zero attached hydrogens (tertiary/aromatic N) is 3. The van der Waals surface area contributed by atoms with Crippen molar-refractivity contribution in [3.05, 3.63) is 64.3 Å². The van der Waals surface area contributed by atoms with Gasteiger partial charge >= 0.3 is 6.09 Å². The molecular formula is C23H19ClN6O4S. The van der Waals surface area contributed by atoms with Gasteiger partial charge in [-0.25, -0.2) is 4.79 Å². The van der Waals surface area contributed by atoms with Gasteiger partial charge in [0.2, 0.25) is 5.91 Å². The van der Waals surface area contributed by atoms with Crippen molar-refractivity contribution in [1.82, 2.24) is 15.3 Å². The first-order valence-electron chi connectivity index (χ1n) is 10.2. The molecule has 1 aliphatic rings. The van der Waals surface area contributed by atoms with E-state index in [0.29, 0.717) is 32.0 Å². The van der Waals surface area contributed by atoms with Crippen molar-refractivity contribution < 1.29 is 19.5 Å². The first-order chi connectivity index (χ1) is 16.6. The first-order valence-corrected chi connectivity index (χ1v) is 11.4. The predicted octanol–water partition coefficient (Wildman–Crippen LogP) is 4.35. The van der Waals surface area contributed by atoms with Crippen LogP contribution in [0.15, 0.2) is 58.7 Å². The number of amides is 3.